The number of methoxy groups -OCH3 is 1. The number of nitro benzene ring substituents is 1. The topological polar surface area (TPSA) is 93.8 Å². The Kier molecular flexibility index (Phi) is 3.30. The molecular formula is C15H11N3O4. The van der Waals surface area contributed by atoms with Gasteiger partial charge in [-0.1, -0.05) is 6.07 Å². The molecule has 0 unspecified atom stereocenters. The number of benzene rings is 2. The molecule has 2 aromatic rings. The second kappa shape index (κ2) is 5.28. The van der Waals surface area contributed by atoms with E-state index in [1.165, 1.54) is 25.3 Å². The Balaban J connectivity index is 2.08. The van der Waals surface area contributed by atoms with Crippen molar-refractivity contribution >= 4 is 28.7 Å². The second-order valence-corrected chi connectivity index (χ2v) is 4.60. The first-order chi connectivity index (χ1) is 10.6. The van der Waals surface area contributed by atoms with E-state index in [2.05, 4.69) is 10.3 Å². The molecule has 110 valence electrons. The summed E-state index contributed by atoms with van der Waals surface area (Å²) in [4.78, 5) is 26.7. The average molecular weight is 297 g/mol. The highest BCUT2D eigenvalue weighted by Gasteiger charge is 2.28. The maximum absolute atomic E-state index is 12.0. The highest BCUT2D eigenvalue weighted by atomic mass is 16.6. The van der Waals surface area contributed by atoms with Gasteiger partial charge in [0, 0.05) is 23.8 Å². The minimum Gasteiger partial charge on any atom is -0.497 e. The third kappa shape index (κ3) is 2.39. The number of carbonyl (C=O) groups is 1. The number of fused-ring (bicyclic) bond motifs is 1. The molecule has 7 nitrogen and oxygen atoms in total. The van der Waals surface area contributed by atoms with Crippen molar-refractivity contribution in [2.24, 2.45) is 4.99 Å². The fourth-order valence-corrected chi connectivity index (χ4v) is 2.17. The van der Waals surface area contributed by atoms with Crippen molar-refractivity contribution in [2.45, 2.75) is 0 Å². The van der Waals surface area contributed by atoms with Crippen molar-refractivity contribution in [1.82, 2.24) is 0 Å². The molecule has 1 N–H and O–H groups in total. The Bertz CT molecular complexity index is 814. The first-order valence-corrected chi connectivity index (χ1v) is 6.41. The quantitative estimate of drug-likeness (QED) is 0.696. The van der Waals surface area contributed by atoms with Crippen molar-refractivity contribution in [3.8, 4) is 5.75 Å². The smallest absolute Gasteiger partial charge is 0.275 e. The van der Waals surface area contributed by atoms with E-state index in [-0.39, 0.29) is 11.4 Å². The number of ether oxygens (including phenoxy) is 1. The van der Waals surface area contributed by atoms with E-state index in [1.54, 1.807) is 24.3 Å². The van der Waals surface area contributed by atoms with Gasteiger partial charge in [0.05, 0.1) is 23.4 Å². The summed E-state index contributed by atoms with van der Waals surface area (Å²) < 4.78 is 5.11. The molecule has 1 aliphatic rings. The van der Waals surface area contributed by atoms with Gasteiger partial charge in [0.25, 0.3) is 11.6 Å². The Hall–Kier alpha value is -3.22. The lowest BCUT2D eigenvalue weighted by Crippen LogP contribution is -2.13. The highest BCUT2D eigenvalue weighted by Crippen LogP contribution is 2.30. The molecule has 0 saturated heterocycles. The number of aliphatic imine (C=N–C) groups is 1. The number of rotatable bonds is 3. The van der Waals surface area contributed by atoms with E-state index in [0.717, 1.165) is 0 Å². The van der Waals surface area contributed by atoms with Gasteiger partial charge in [-0.05, 0) is 18.2 Å². The van der Waals surface area contributed by atoms with Gasteiger partial charge in [0.1, 0.15) is 11.5 Å². The summed E-state index contributed by atoms with van der Waals surface area (Å²) in [5.41, 5.74) is 1.52. The molecule has 0 bridgehead atoms. The molecule has 3 rings (SSSR count). The SMILES string of the molecule is COc1cccc(N=C2C(=O)Nc3ccc([N+](=O)[O-])cc32)c1. The Morgan fingerprint density at radius 1 is 1.23 bits per heavy atom. The van der Waals surface area contributed by atoms with Crippen LogP contribution in [-0.4, -0.2) is 23.7 Å². The number of nitrogens with one attached hydrogen (secondary N) is 1. The zero-order valence-corrected chi connectivity index (χ0v) is 11.6. The fourth-order valence-electron chi connectivity index (χ4n) is 2.17. The minimum absolute atomic E-state index is 0.0893. The maximum Gasteiger partial charge on any atom is 0.275 e. The Morgan fingerprint density at radius 2 is 2.05 bits per heavy atom. The molecule has 0 aromatic heterocycles. The number of carbonyl (C=O) groups excluding carboxylic acids is 1. The van der Waals surface area contributed by atoms with Gasteiger partial charge >= 0.3 is 0 Å². The van der Waals surface area contributed by atoms with Gasteiger partial charge in [-0.3, -0.25) is 14.9 Å². The number of non-ortho nitro benzene ring substituents is 1. The van der Waals surface area contributed by atoms with Crippen molar-refractivity contribution in [2.75, 3.05) is 12.4 Å². The first kappa shape index (κ1) is 13.7. The van der Waals surface area contributed by atoms with E-state index in [1.807, 2.05) is 0 Å². The predicted octanol–water partition coefficient (Wildman–Crippen LogP) is 2.68. The van der Waals surface area contributed by atoms with E-state index in [4.69, 9.17) is 4.74 Å². The highest BCUT2D eigenvalue weighted by molar-refractivity contribution is 6.54. The second-order valence-electron chi connectivity index (χ2n) is 4.60. The molecule has 0 saturated carbocycles. The number of nitro groups is 1. The molecule has 0 fully saturated rings. The van der Waals surface area contributed by atoms with Crippen LogP contribution in [0.5, 0.6) is 5.75 Å². The standard InChI is InChI=1S/C15H11N3O4/c1-22-11-4-2-3-9(7-11)16-14-12-8-10(18(20)21)5-6-13(12)17-15(14)19/h2-8H,1H3,(H,16,17,19). The number of hydrogen-bond donors (Lipinski definition) is 1. The Labute approximate surface area is 125 Å². The zero-order chi connectivity index (χ0) is 15.7. The van der Waals surface area contributed by atoms with Gasteiger partial charge in [0.2, 0.25) is 0 Å². The number of hydrogen-bond acceptors (Lipinski definition) is 5. The third-order valence-electron chi connectivity index (χ3n) is 3.23. The molecule has 0 aliphatic carbocycles. The summed E-state index contributed by atoms with van der Waals surface area (Å²) in [6, 6.07) is 11.1. The van der Waals surface area contributed by atoms with Crippen molar-refractivity contribution in [3.05, 3.63) is 58.1 Å². The van der Waals surface area contributed by atoms with Gasteiger partial charge in [-0.2, -0.15) is 0 Å². The van der Waals surface area contributed by atoms with Crippen LogP contribution in [0.25, 0.3) is 0 Å². The molecule has 7 heteroatoms. The zero-order valence-electron chi connectivity index (χ0n) is 11.6. The maximum atomic E-state index is 12.0. The van der Waals surface area contributed by atoms with Crippen LogP contribution in [0.2, 0.25) is 0 Å². The first-order valence-electron chi connectivity index (χ1n) is 6.41. The molecule has 22 heavy (non-hydrogen) atoms. The molecule has 1 amide bonds. The predicted molar refractivity (Wildman–Crippen MR) is 80.9 cm³/mol. The number of anilines is 1. The van der Waals surface area contributed by atoms with Crippen LogP contribution in [0.1, 0.15) is 5.56 Å². The van der Waals surface area contributed by atoms with Crippen LogP contribution in [0.4, 0.5) is 17.1 Å². The summed E-state index contributed by atoms with van der Waals surface area (Å²) in [6.07, 6.45) is 0. The summed E-state index contributed by atoms with van der Waals surface area (Å²) >= 11 is 0. The molecular weight excluding hydrogens is 286 g/mol. The number of amides is 1. The van der Waals surface area contributed by atoms with Gasteiger partial charge in [0.15, 0.2) is 0 Å². The van der Waals surface area contributed by atoms with Crippen molar-refractivity contribution in [1.29, 1.82) is 0 Å². The van der Waals surface area contributed by atoms with Crippen LogP contribution in [0, 0.1) is 10.1 Å². The molecule has 1 aliphatic heterocycles. The van der Waals surface area contributed by atoms with Gasteiger partial charge in [-0.15, -0.1) is 0 Å². The summed E-state index contributed by atoms with van der Waals surface area (Å²) in [7, 11) is 1.53. The summed E-state index contributed by atoms with van der Waals surface area (Å²) in [6.45, 7) is 0. The van der Waals surface area contributed by atoms with E-state index < -0.39 is 10.8 Å². The average Bonchev–Trinajstić information content (AvgIpc) is 2.82. The summed E-state index contributed by atoms with van der Waals surface area (Å²) in [5, 5.41) is 13.5. The molecule has 0 atom stereocenters. The largest absolute Gasteiger partial charge is 0.497 e. The minimum atomic E-state index is -0.508. The molecule has 1 heterocycles. The normalized spacial score (nSPS) is 14.6. The van der Waals surface area contributed by atoms with Crippen LogP contribution >= 0.6 is 0 Å². The monoisotopic (exact) mass is 297 g/mol. The summed E-state index contributed by atoms with van der Waals surface area (Å²) in [5.74, 6) is 0.220. The van der Waals surface area contributed by atoms with E-state index >= 15 is 0 Å². The molecule has 0 spiro atoms. The molecule has 2 aromatic carbocycles. The lowest BCUT2D eigenvalue weighted by atomic mass is 10.1. The van der Waals surface area contributed by atoms with E-state index in [9.17, 15) is 14.9 Å². The lowest BCUT2D eigenvalue weighted by molar-refractivity contribution is -0.384. The molecule has 0 radical (unpaired) electrons. The Morgan fingerprint density at radius 3 is 2.77 bits per heavy atom. The van der Waals surface area contributed by atoms with Crippen LogP contribution in [0.15, 0.2) is 47.5 Å². The number of nitrogens with zero attached hydrogens (tertiary/aromatic N) is 2. The van der Waals surface area contributed by atoms with E-state index in [0.29, 0.717) is 22.7 Å². The van der Waals surface area contributed by atoms with Crippen molar-refractivity contribution < 1.29 is 14.5 Å². The van der Waals surface area contributed by atoms with Crippen LogP contribution in [-0.2, 0) is 4.79 Å². The van der Waals surface area contributed by atoms with Crippen molar-refractivity contribution in [3.63, 3.8) is 0 Å². The lowest BCUT2D eigenvalue weighted by Gasteiger charge is -2.01. The van der Waals surface area contributed by atoms with Crippen LogP contribution in [0.3, 0.4) is 0 Å². The van der Waals surface area contributed by atoms with Gasteiger partial charge < -0.3 is 10.1 Å². The third-order valence-corrected chi connectivity index (χ3v) is 3.23. The van der Waals surface area contributed by atoms with Gasteiger partial charge in [-0.25, -0.2) is 4.99 Å². The van der Waals surface area contributed by atoms with Crippen LogP contribution < -0.4 is 10.1 Å². The fraction of sp³-hybridized carbons (Fsp3) is 0.0667.